The molecule has 2 N–H and O–H groups in total. The van der Waals surface area contributed by atoms with E-state index in [1.165, 1.54) is 12.8 Å². The van der Waals surface area contributed by atoms with Gasteiger partial charge in [0.05, 0.1) is 10.9 Å². The lowest BCUT2D eigenvalue weighted by Crippen LogP contribution is -2.49. The van der Waals surface area contributed by atoms with Crippen molar-refractivity contribution in [3.63, 3.8) is 0 Å². The first-order valence-corrected chi connectivity index (χ1v) is 9.02. The molecular formula is C20H23N3O2. The maximum absolute atomic E-state index is 12.8. The van der Waals surface area contributed by atoms with Crippen LogP contribution in [0.5, 0.6) is 0 Å². The molecule has 1 saturated carbocycles. The Bertz CT molecular complexity index is 821. The molecule has 0 atom stereocenters. The Kier molecular flexibility index (Phi) is 3.94. The molecule has 0 bridgehead atoms. The number of carbonyl (C=O) groups is 2. The number of hydrogen-bond acceptors (Lipinski definition) is 3. The van der Waals surface area contributed by atoms with Crippen molar-refractivity contribution in [2.24, 2.45) is 17.1 Å². The Balaban J connectivity index is 1.49. The highest BCUT2D eigenvalue weighted by Gasteiger charge is 2.44. The van der Waals surface area contributed by atoms with Crippen molar-refractivity contribution in [3.05, 3.63) is 42.1 Å². The molecule has 5 nitrogen and oxygen atoms in total. The summed E-state index contributed by atoms with van der Waals surface area (Å²) < 4.78 is 0. The fourth-order valence-electron chi connectivity index (χ4n) is 3.91. The Morgan fingerprint density at radius 3 is 2.52 bits per heavy atom. The summed E-state index contributed by atoms with van der Waals surface area (Å²) in [7, 11) is 0. The average molecular weight is 337 g/mol. The number of amides is 2. The van der Waals surface area contributed by atoms with E-state index in [4.69, 9.17) is 5.73 Å². The zero-order valence-electron chi connectivity index (χ0n) is 14.3. The van der Waals surface area contributed by atoms with Gasteiger partial charge in [0, 0.05) is 18.5 Å². The second-order valence-electron chi connectivity index (χ2n) is 7.47. The summed E-state index contributed by atoms with van der Waals surface area (Å²) in [5.41, 5.74) is 6.59. The number of likely N-dealkylation sites (tertiary alicyclic amines) is 1. The van der Waals surface area contributed by atoms with Gasteiger partial charge in [0.2, 0.25) is 5.91 Å². The molecule has 0 spiro atoms. The highest BCUT2D eigenvalue weighted by atomic mass is 16.2. The summed E-state index contributed by atoms with van der Waals surface area (Å²) in [6, 6.07) is 11.5. The SMILES string of the molecule is NC(=O)C1(CC2CC2)CCN(C(=O)c2ccc3ccccc3n2)CC1. The van der Waals surface area contributed by atoms with E-state index in [9.17, 15) is 9.59 Å². The van der Waals surface area contributed by atoms with Crippen LogP contribution in [0.1, 0.15) is 42.6 Å². The van der Waals surface area contributed by atoms with Crippen LogP contribution in [0, 0.1) is 11.3 Å². The molecule has 1 aliphatic heterocycles. The second kappa shape index (κ2) is 6.14. The van der Waals surface area contributed by atoms with Gasteiger partial charge in [0.1, 0.15) is 5.69 Å². The van der Waals surface area contributed by atoms with Crippen molar-refractivity contribution in [1.29, 1.82) is 0 Å². The van der Waals surface area contributed by atoms with Gasteiger partial charge in [-0.2, -0.15) is 0 Å². The molecule has 0 radical (unpaired) electrons. The van der Waals surface area contributed by atoms with E-state index in [1.807, 2.05) is 35.2 Å². The monoisotopic (exact) mass is 337 g/mol. The third-order valence-electron chi connectivity index (χ3n) is 5.72. The summed E-state index contributed by atoms with van der Waals surface area (Å²) in [6.07, 6.45) is 4.63. The molecule has 25 heavy (non-hydrogen) atoms. The molecule has 2 amide bonds. The van der Waals surface area contributed by atoms with Gasteiger partial charge in [-0.05, 0) is 37.3 Å². The van der Waals surface area contributed by atoms with Crippen LogP contribution >= 0.6 is 0 Å². The van der Waals surface area contributed by atoms with Crippen LogP contribution in [-0.4, -0.2) is 34.8 Å². The second-order valence-corrected chi connectivity index (χ2v) is 7.47. The van der Waals surface area contributed by atoms with Crippen LogP contribution in [0.4, 0.5) is 0 Å². The topological polar surface area (TPSA) is 76.3 Å². The van der Waals surface area contributed by atoms with Gasteiger partial charge >= 0.3 is 0 Å². The van der Waals surface area contributed by atoms with Crippen molar-refractivity contribution in [3.8, 4) is 0 Å². The summed E-state index contributed by atoms with van der Waals surface area (Å²) in [5, 5.41) is 1.02. The Morgan fingerprint density at radius 1 is 1.12 bits per heavy atom. The zero-order valence-corrected chi connectivity index (χ0v) is 14.3. The number of carbonyl (C=O) groups excluding carboxylic acids is 2. The highest BCUT2D eigenvalue weighted by molar-refractivity contribution is 5.95. The van der Waals surface area contributed by atoms with Gasteiger partial charge in [-0.3, -0.25) is 9.59 Å². The highest BCUT2D eigenvalue weighted by Crippen LogP contribution is 2.45. The van der Waals surface area contributed by atoms with E-state index in [0.29, 0.717) is 37.5 Å². The standard InChI is InChI=1S/C20H23N3O2/c21-19(25)20(13-14-5-6-14)9-11-23(12-10-20)18(24)17-8-7-15-3-1-2-4-16(15)22-17/h1-4,7-8,14H,5-6,9-13H2,(H2,21,25). The van der Waals surface area contributed by atoms with Gasteiger partial charge in [-0.1, -0.05) is 37.1 Å². The first-order chi connectivity index (χ1) is 12.1. The third-order valence-corrected chi connectivity index (χ3v) is 5.72. The lowest BCUT2D eigenvalue weighted by atomic mass is 9.73. The van der Waals surface area contributed by atoms with Crippen molar-refractivity contribution < 1.29 is 9.59 Å². The minimum absolute atomic E-state index is 0.0600. The van der Waals surface area contributed by atoms with Crippen molar-refractivity contribution >= 4 is 22.7 Å². The minimum Gasteiger partial charge on any atom is -0.369 e. The minimum atomic E-state index is -0.422. The fourth-order valence-corrected chi connectivity index (χ4v) is 3.91. The Morgan fingerprint density at radius 2 is 1.84 bits per heavy atom. The number of piperidine rings is 1. The fraction of sp³-hybridized carbons (Fsp3) is 0.450. The number of rotatable bonds is 4. The van der Waals surface area contributed by atoms with Gasteiger partial charge in [-0.15, -0.1) is 0 Å². The van der Waals surface area contributed by atoms with E-state index in [2.05, 4.69) is 4.98 Å². The van der Waals surface area contributed by atoms with Crippen LogP contribution in [0.15, 0.2) is 36.4 Å². The molecule has 2 heterocycles. The number of pyridine rings is 1. The number of para-hydroxylation sites is 1. The summed E-state index contributed by atoms with van der Waals surface area (Å²) in [6.45, 7) is 1.14. The first-order valence-electron chi connectivity index (χ1n) is 9.02. The number of aromatic nitrogens is 1. The molecule has 130 valence electrons. The molecule has 0 unspecified atom stereocenters. The van der Waals surface area contributed by atoms with E-state index < -0.39 is 5.41 Å². The predicted molar refractivity (Wildman–Crippen MR) is 95.8 cm³/mol. The molecule has 1 aromatic heterocycles. The predicted octanol–water partition coefficient (Wildman–Crippen LogP) is 2.74. The van der Waals surface area contributed by atoms with E-state index in [-0.39, 0.29) is 11.8 Å². The molecule has 2 fully saturated rings. The van der Waals surface area contributed by atoms with E-state index >= 15 is 0 Å². The van der Waals surface area contributed by atoms with Crippen LogP contribution in [0.3, 0.4) is 0 Å². The normalized spacial score (nSPS) is 19.8. The maximum atomic E-state index is 12.8. The Labute approximate surface area is 147 Å². The Hall–Kier alpha value is -2.43. The molecular weight excluding hydrogens is 314 g/mol. The lowest BCUT2D eigenvalue weighted by molar-refractivity contribution is -0.131. The smallest absolute Gasteiger partial charge is 0.272 e. The first kappa shape index (κ1) is 16.1. The summed E-state index contributed by atoms with van der Waals surface area (Å²) in [5.74, 6) is 0.391. The van der Waals surface area contributed by atoms with Crippen molar-refractivity contribution in [2.75, 3.05) is 13.1 Å². The van der Waals surface area contributed by atoms with Crippen LogP contribution in [0.25, 0.3) is 10.9 Å². The zero-order chi connectivity index (χ0) is 17.4. The number of benzene rings is 1. The van der Waals surface area contributed by atoms with Gasteiger partial charge in [0.15, 0.2) is 0 Å². The quantitative estimate of drug-likeness (QED) is 0.932. The molecule has 2 aliphatic rings. The number of hydrogen-bond donors (Lipinski definition) is 1. The summed E-state index contributed by atoms with van der Waals surface area (Å²) >= 11 is 0. The third kappa shape index (κ3) is 3.11. The van der Waals surface area contributed by atoms with E-state index in [1.54, 1.807) is 6.07 Å². The molecule has 1 saturated heterocycles. The van der Waals surface area contributed by atoms with Gasteiger partial charge in [-0.25, -0.2) is 4.98 Å². The molecule has 5 heteroatoms. The van der Waals surface area contributed by atoms with Crippen molar-refractivity contribution in [1.82, 2.24) is 9.88 Å². The summed E-state index contributed by atoms with van der Waals surface area (Å²) in [4.78, 5) is 31.2. The van der Waals surface area contributed by atoms with Gasteiger partial charge in [0.25, 0.3) is 5.91 Å². The number of primary amides is 1. The average Bonchev–Trinajstić information content (AvgIpc) is 3.45. The number of fused-ring (bicyclic) bond motifs is 1. The molecule has 1 aliphatic carbocycles. The molecule has 4 rings (SSSR count). The van der Waals surface area contributed by atoms with Crippen molar-refractivity contribution in [2.45, 2.75) is 32.1 Å². The van der Waals surface area contributed by atoms with E-state index in [0.717, 1.165) is 17.3 Å². The lowest BCUT2D eigenvalue weighted by Gasteiger charge is -2.39. The van der Waals surface area contributed by atoms with Crippen LogP contribution in [-0.2, 0) is 4.79 Å². The largest absolute Gasteiger partial charge is 0.369 e. The van der Waals surface area contributed by atoms with Gasteiger partial charge < -0.3 is 10.6 Å². The molecule has 1 aromatic carbocycles. The van der Waals surface area contributed by atoms with Crippen LogP contribution < -0.4 is 5.73 Å². The maximum Gasteiger partial charge on any atom is 0.272 e. The van der Waals surface area contributed by atoms with Crippen LogP contribution in [0.2, 0.25) is 0 Å². The number of nitrogens with zero attached hydrogens (tertiary/aromatic N) is 2. The number of nitrogens with two attached hydrogens (primary N) is 1. The molecule has 2 aromatic rings.